The van der Waals surface area contributed by atoms with Gasteiger partial charge in [0.25, 0.3) is 0 Å². The molecule has 5 atom stereocenters. The number of unbranched alkanes of at least 4 members (excludes halogenated alkanes) is 49. The van der Waals surface area contributed by atoms with Crippen LogP contribution in [0.25, 0.3) is 0 Å². The molecule has 0 radical (unpaired) electrons. The van der Waals surface area contributed by atoms with Crippen LogP contribution in [-0.4, -0.2) is 96.7 Å². The van der Waals surface area contributed by atoms with Gasteiger partial charge in [0.1, 0.15) is 19.3 Å². The zero-order chi connectivity index (χ0) is 70.5. The van der Waals surface area contributed by atoms with Crippen molar-refractivity contribution < 1.29 is 80.2 Å². The van der Waals surface area contributed by atoms with E-state index in [1.54, 1.807) is 0 Å². The lowest BCUT2D eigenvalue weighted by Gasteiger charge is -2.21. The summed E-state index contributed by atoms with van der Waals surface area (Å²) in [4.78, 5) is 72.8. The van der Waals surface area contributed by atoms with Crippen molar-refractivity contribution in [3.05, 3.63) is 0 Å². The maximum Gasteiger partial charge on any atom is 0.472 e. The lowest BCUT2D eigenvalue weighted by molar-refractivity contribution is -0.161. The van der Waals surface area contributed by atoms with E-state index < -0.39 is 97.5 Å². The number of phosphoric ester groups is 2. The van der Waals surface area contributed by atoms with E-state index in [0.29, 0.717) is 25.7 Å². The van der Waals surface area contributed by atoms with Gasteiger partial charge in [-0.15, -0.1) is 0 Å². The summed E-state index contributed by atoms with van der Waals surface area (Å²) in [6.45, 7) is 7.32. The van der Waals surface area contributed by atoms with Gasteiger partial charge in [0.15, 0.2) is 12.2 Å². The molecule has 0 fully saturated rings. The molecule has 0 heterocycles. The first-order chi connectivity index (χ1) is 46.5. The topological polar surface area (TPSA) is 237 Å². The van der Waals surface area contributed by atoms with Gasteiger partial charge >= 0.3 is 39.5 Å². The Labute approximate surface area is 588 Å². The van der Waals surface area contributed by atoms with Crippen LogP contribution in [0, 0.1) is 5.92 Å². The number of hydrogen-bond acceptors (Lipinski definition) is 15. The monoisotopic (exact) mass is 1410 g/mol. The van der Waals surface area contributed by atoms with Crippen molar-refractivity contribution in [3.63, 3.8) is 0 Å². The van der Waals surface area contributed by atoms with Crippen LogP contribution < -0.4 is 0 Å². The number of ether oxygens (including phenoxy) is 4. The third-order valence-corrected chi connectivity index (χ3v) is 19.9. The molecule has 0 aliphatic carbocycles. The first kappa shape index (κ1) is 94.1. The smallest absolute Gasteiger partial charge is 0.462 e. The van der Waals surface area contributed by atoms with Crippen LogP contribution in [-0.2, 0) is 65.4 Å². The fourth-order valence-corrected chi connectivity index (χ4v) is 13.5. The lowest BCUT2D eigenvalue weighted by Crippen LogP contribution is -2.30. The van der Waals surface area contributed by atoms with E-state index in [1.165, 1.54) is 231 Å². The maximum atomic E-state index is 13.1. The third-order valence-electron chi connectivity index (χ3n) is 18.0. The Morgan fingerprint density at radius 1 is 0.281 bits per heavy atom. The van der Waals surface area contributed by atoms with Crippen molar-refractivity contribution in [2.75, 3.05) is 39.6 Å². The molecule has 19 heteroatoms. The molecule has 2 unspecified atom stereocenters. The predicted molar refractivity (Wildman–Crippen MR) is 391 cm³/mol. The summed E-state index contributed by atoms with van der Waals surface area (Å²) >= 11 is 0. The summed E-state index contributed by atoms with van der Waals surface area (Å²) in [6.07, 6.45) is 59.6. The van der Waals surface area contributed by atoms with Gasteiger partial charge in [-0.05, 0) is 31.6 Å². The molecule has 0 aromatic carbocycles. The summed E-state index contributed by atoms with van der Waals surface area (Å²) in [5.41, 5.74) is 0. The zero-order valence-electron chi connectivity index (χ0n) is 62.5. The first-order valence-electron chi connectivity index (χ1n) is 40.1. The van der Waals surface area contributed by atoms with E-state index in [1.807, 2.05) is 0 Å². The first-order valence-corrected chi connectivity index (χ1v) is 43.1. The van der Waals surface area contributed by atoms with E-state index in [9.17, 15) is 43.2 Å². The van der Waals surface area contributed by atoms with E-state index >= 15 is 0 Å². The number of carbonyl (C=O) groups excluding carboxylic acids is 4. The number of aliphatic hydroxyl groups is 1. The van der Waals surface area contributed by atoms with Gasteiger partial charge < -0.3 is 33.8 Å². The zero-order valence-corrected chi connectivity index (χ0v) is 64.3. The molecule has 570 valence electrons. The molecule has 3 N–H and O–H groups in total. The average Bonchev–Trinajstić information content (AvgIpc) is 2.01. The van der Waals surface area contributed by atoms with Crippen molar-refractivity contribution in [2.45, 2.75) is 425 Å². The Hall–Kier alpha value is -1.94. The summed E-state index contributed by atoms with van der Waals surface area (Å²) < 4.78 is 68.5. The molecule has 0 saturated heterocycles. The minimum atomic E-state index is -4.96. The fraction of sp³-hybridized carbons (Fsp3) is 0.948. The number of hydrogen-bond donors (Lipinski definition) is 3. The van der Waals surface area contributed by atoms with Gasteiger partial charge in [0.05, 0.1) is 26.4 Å². The van der Waals surface area contributed by atoms with Gasteiger partial charge in [-0.3, -0.25) is 37.3 Å². The Kier molecular flexibility index (Phi) is 68.7. The van der Waals surface area contributed by atoms with Gasteiger partial charge in [-0.1, -0.05) is 356 Å². The molecule has 0 spiro atoms. The van der Waals surface area contributed by atoms with E-state index in [0.717, 1.165) is 95.8 Å². The predicted octanol–water partition coefficient (Wildman–Crippen LogP) is 22.9. The van der Waals surface area contributed by atoms with E-state index in [4.69, 9.17) is 37.0 Å². The van der Waals surface area contributed by atoms with Crippen LogP contribution in [0.15, 0.2) is 0 Å². The molecule has 0 aliphatic rings. The minimum absolute atomic E-state index is 0.108. The van der Waals surface area contributed by atoms with Gasteiger partial charge in [0, 0.05) is 25.7 Å². The second kappa shape index (κ2) is 70.1. The van der Waals surface area contributed by atoms with Crippen LogP contribution >= 0.6 is 15.6 Å². The largest absolute Gasteiger partial charge is 0.472 e. The van der Waals surface area contributed by atoms with Crippen molar-refractivity contribution >= 4 is 39.5 Å². The van der Waals surface area contributed by atoms with Crippen molar-refractivity contribution in [1.82, 2.24) is 0 Å². The Morgan fingerprint density at radius 2 is 0.479 bits per heavy atom. The molecule has 0 amide bonds. The molecule has 0 aromatic rings. The minimum Gasteiger partial charge on any atom is -0.462 e. The third kappa shape index (κ3) is 70.5. The molecule has 0 rings (SSSR count). The van der Waals surface area contributed by atoms with Crippen LogP contribution in [0.2, 0.25) is 0 Å². The van der Waals surface area contributed by atoms with Crippen LogP contribution in [0.3, 0.4) is 0 Å². The highest BCUT2D eigenvalue weighted by Gasteiger charge is 2.30. The van der Waals surface area contributed by atoms with E-state index in [2.05, 4.69) is 34.6 Å². The highest BCUT2D eigenvalue weighted by molar-refractivity contribution is 7.47. The Balaban J connectivity index is 5.19. The standard InChI is InChI=1S/C77H150O17P2/c1-6-9-12-15-18-21-23-25-33-37-41-46-51-56-61-75(80)88-67-73(94-77(82)63-58-53-48-43-38-34-31-29-27-26-28-30-32-35-40-44-49-54-59-70(4)5)69-92-96(85,86)90-65-71(78)64-89-95(83,84)91-68-72(66-87-74(79)60-55-50-45-39-20-17-14-11-8-3)93-76(81)62-57-52-47-42-36-24-22-19-16-13-10-7-2/h70-73,78H,6-69H2,1-5H3,(H,83,84)(H,85,86)/t71-,72+,73+/m0/s1. The number of rotatable bonds is 77. The summed E-state index contributed by atoms with van der Waals surface area (Å²) in [5.74, 6) is -1.29. The second-order valence-corrected chi connectivity index (χ2v) is 31.1. The number of esters is 4. The SMILES string of the molecule is CCCCCCCCCCCCCCCCC(=O)OC[C@H](COP(=O)(O)OC[C@@H](O)COP(=O)(O)OC[C@@H](COC(=O)CCCCCCCCCCC)OC(=O)CCCCCCCCCCCCCC)OC(=O)CCCCCCCCCCCCCCCCCCCCC(C)C. The average molecular weight is 1410 g/mol. The highest BCUT2D eigenvalue weighted by atomic mass is 31.2. The number of phosphoric acid groups is 2. The summed E-state index contributed by atoms with van der Waals surface area (Å²) in [5, 5.41) is 10.6. The van der Waals surface area contributed by atoms with Gasteiger partial charge in [0.2, 0.25) is 0 Å². The molecular weight excluding hydrogens is 1260 g/mol. The lowest BCUT2D eigenvalue weighted by atomic mass is 10.0. The normalized spacial score (nSPS) is 13.9. The molecular formula is C77H150O17P2. The maximum absolute atomic E-state index is 13.1. The van der Waals surface area contributed by atoms with Crippen molar-refractivity contribution in [3.8, 4) is 0 Å². The molecule has 0 aromatic heterocycles. The van der Waals surface area contributed by atoms with Crippen LogP contribution in [0.1, 0.15) is 407 Å². The summed E-state index contributed by atoms with van der Waals surface area (Å²) in [6, 6.07) is 0. The number of aliphatic hydroxyl groups excluding tert-OH is 1. The molecule has 0 aliphatic heterocycles. The van der Waals surface area contributed by atoms with Crippen LogP contribution in [0.5, 0.6) is 0 Å². The number of carbonyl (C=O) groups is 4. The quantitative estimate of drug-likeness (QED) is 0.0222. The van der Waals surface area contributed by atoms with Gasteiger partial charge in [-0.25, -0.2) is 9.13 Å². The molecule has 96 heavy (non-hydrogen) atoms. The molecule has 0 saturated carbocycles. The van der Waals surface area contributed by atoms with Crippen molar-refractivity contribution in [2.24, 2.45) is 5.92 Å². The summed E-state index contributed by atoms with van der Waals surface area (Å²) in [7, 11) is -9.91. The molecule has 17 nitrogen and oxygen atoms in total. The Bertz CT molecular complexity index is 1840. The van der Waals surface area contributed by atoms with Gasteiger partial charge in [-0.2, -0.15) is 0 Å². The van der Waals surface area contributed by atoms with E-state index in [-0.39, 0.29) is 25.7 Å². The van der Waals surface area contributed by atoms with Crippen molar-refractivity contribution in [1.29, 1.82) is 0 Å². The molecule has 0 bridgehead atoms. The fourth-order valence-electron chi connectivity index (χ4n) is 11.9. The van der Waals surface area contributed by atoms with Crippen LogP contribution in [0.4, 0.5) is 0 Å². The highest BCUT2D eigenvalue weighted by Crippen LogP contribution is 2.45. The Morgan fingerprint density at radius 3 is 0.708 bits per heavy atom. The second-order valence-electron chi connectivity index (χ2n) is 28.2.